The van der Waals surface area contributed by atoms with Gasteiger partial charge in [0.25, 0.3) is 0 Å². The molecule has 42 heavy (non-hydrogen) atoms. The number of hydrogen-bond donors (Lipinski definition) is 3. The fourth-order valence-corrected chi connectivity index (χ4v) is 5.45. The van der Waals surface area contributed by atoms with Crippen molar-refractivity contribution in [1.82, 2.24) is 0 Å². The van der Waals surface area contributed by atoms with Gasteiger partial charge in [-0.2, -0.15) is 0 Å². The molecule has 246 valence electrons. The number of unbranched alkanes of at least 4 members (excludes halogenated alkanes) is 22. The van der Waals surface area contributed by atoms with E-state index in [9.17, 15) is 14.7 Å². The van der Waals surface area contributed by atoms with Gasteiger partial charge in [0.05, 0.1) is 6.10 Å². The minimum atomic E-state index is -0.677. The molecule has 0 aliphatic carbocycles. The molecule has 0 radical (unpaired) electrons. The predicted octanol–water partition coefficient (Wildman–Crippen LogP) is 11.3. The fraction of sp³-hybridized carbons (Fsp3) is 0.838. The summed E-state index contributed by atoms with van der Waals surface area (Å²) in [5, 5.41) is 27.5. The third kappa shape index (κ3) is 36.4. The Balaban J connectivity index is 3.25. The van der Waals surface area contributed by atoms with Gasteiger partial charge in [-0.25, -0.2) is 0 Å². The number of carboxylic acid groups (broad SMARTS) is 2. The Bertz CT molecular complexity index is 588. The maximum absolute atomic E-state index is 10.5. The molecule has 0 aromatic carbocycles. The quantitative estimate of drug-likeness (QED) is 0.0510. The van der Waals surface area contributed by atoms with Crippen molar-refractivity contribution in [2.45, 2.75) is 199 Å². The van der Waals surface area contributed by atoms with Crippen LogP contribution in [0.2, 0.25) is 0 Å². The molecule has 0 atom stereocenters. The summed E-state index contributed by atoms with van der Waals surface area (Å²) < 4.78 is 0. The molecular weight excluding hydrogens is 524 g/mol. The van der Waals surface area contributed by atoms with Gasteiger partial charge in [-0.15, -0.1) is 0 Å². The monoisotopic (exact) mass is 593 g/mol. The van der Waals surface area contributed by atoms with Gasteiger partial charge >= 0.3 is 11.9 Å². The number of carbonyl (C=O) groups is 2. The van der Waals surface area contributed by atoms with E-state index >= 15 is 0 Å². The van der Waals surface area contributed by atoms with E-state index in [4.69, 9.17) is 10.2 Å². The molecule has 0 saturated carbocycles. The van der Waals surface area contributed by atoms with Crippen molar-refractivity contribution in [3.8, 4) is 0 Å². The molecule has 3 N–H and O–H groups in total. The van der Waals surface area contributed by atoms with E-state index in [0.717, 1.165) is 77.0 Å². The summed E-state index contributed by atoms with van der Waals surface area (Å²) in [6.45, 7) is 0. The van der Waals surface area contributed by atoms with Crippen molar-refractivity contribution in [1.29, 1.82) is 0 Å². The van der Waals surface area contributed by atoms with Crippen LogP contribution in [0.5, 0.6) is 0 Å². The average molecular weight is 593 g/mol. The molecule has 0 spiro atoms. The first-order chi connectivity index (χ1) is 20.5. The lowest BCUT2D eigenvalue weighted by molar-refractivity contribution is -0.138. The van der Waals surface area contributed by atoms with Crippen LogP contribution in [0.3, 0.4) is 0 Å². The summed E-state index contributed by atoms with van der Waals surface area (Å²) in [5.74, 6) is -1.35. The largest absolute Gasteiger partial charge is 0.481 e. The van der Waals surface area contributed by atoms with Gasteiger partial charge < -0.3 is 15.3 Å². The number of hydrogen-bond acceptors (Lipinski definition) is 3. The summed E-state index contributed by atoms with van der Waals surface area (Å²) in [6.07, 6.45) is 42.6. The Morgan fingerprint density at radius 2 is 0.619 bits per heavy atom. The van der Waals surface area contributed by atoms with E-state index in [1.807, 2.05) is 0 Å². The van der Waals surface area contributed by atoms with E-state index in [0.29, 0.717) is 12.8 Å². The number of aliphatic hydroxyl groups is 1. The van der Waals surface area contributed by atoms with Gasteiger partial charge in [-0.05, 0) is 77.0 Å². The standard InChI is InChI=1S/C37H68O5/c38-35(31-27-23-19-15-11-7-3-1-5-9-13-17-21-25-29-33-36(39)40)32-28-24-20-16-12-8-4-2-6-10-14-18-22-26-30-34-37(41)42/h1-2,5-6,35,38H,3-4,7-34H2,(H,39,40)(H,41,42)/b5-1-,6-2-. The Kier molecular flexibility index (Phi) is 32.6. The number of rotatable bonds is 34. The summed E-state index contributed by atoms with van der Waals surface area (Å²) in [7, 11) is 0. The van der Waals surface area contributed by atoms with Crippen LogP contribution in [0.25, 0.3) is 0 Å². The summed E-state index contributed by atoms with van der Waals surface area (Å²) in [4.78, 5) is 20.9. The molecule has 0 aliphatic heterocycles. The van der Waals surface area contributed by atoms with Gasteiger partial charge in [0, 0.05) is 12.8 Å². The highest BCUT2D eigenvalue weighted by Crippen LogP contribution is 2.15. The Morgan fingerprint density at radius 1 is 0.381 bits per heavy atom. The van der Waals surface area contributed by atoms with Crippen LogP contribution in [0.15, 0.2) is 24.3 Å². The number of aliphatic hydroxyl groups excluding tert-OH is 1. The minimum Gasteiger partial charge on any atom is -0.481 e. The summed E-state index contributed by atoms with van der Waals surface area (Å²) in [5.41, 5.74) is 0. The zero-order chi connectivity index (χ0) is 30.8. The normalized spacial score (nSPS) is 11.9. The van der Waals surface area contributed by atoms with Crippen LogP contribution >= 0.6 is 0 Å². The van der Waals surface area contributed by atoms with Gasteiger partial charge in [0.1, 0.15) is 0 Å². The Hall–Kier alpha value is -1.62. The lowest BCUT2D eigenvalue weighted by Gasteiger charge is -2.10. The van der Waals surface area contributed by atoms with Gasteiger partial charge in [0.2, 0.25) is 0 Å². The highest BCUT2D eigenvalue weighted by atomic mass is 16.4. The maximum atomic E-state index is 10.5. The van der Waals surface area contributed by atoms with Crippen LogP contribution in [0, 0.1) is 0 Å². The van der Waals surface area contributed by atoms with E-state index < -0.39 is 11.9 Å². The van der Waals surface area contributed by atoms with Crippen LogP contribution in [0.4, 0.5) is 0 Å². The second-order valence-corrected chi connectivity index (χ2v) is 12.4. The summed E-state index contributed by atoms with van der Waals surface area (Å²) in [6, 6.07) is 0. The second kappa shape index (κ2) is 33.9. The molecule has 0 aliphatic rings. The third-order valence-corrected chi connectivity index (χ3v) is 8.17. The van der Waals surface area contributed by atoms with Gasteiger partial charge in [-0.3, -0.25) is 9.59 Å². The predicted molar refractivity (Wildman–Crippen MR) is 178 cm³/mol. The summed E-state index contributed by atoms with van der Waals surface area (Å²) >= 11 is 0. The first kappa shape index (κ1) is 40.4. The Labute approximate surface area is 259 Å². The molecule has 5 nitrogen and oxygen atoms in total. The van der Waals surface area contributed by atoms with Crippen LogP contribution in [-0.4, -0.2) is 33.4 Å². The molecule has 0 saturated heterocycles. The number of carboxylic acids is 2. The lowest BCUT2D eigenvalue weighted by atomic mass is 10.0. The fourth-order valence-electron chi connectivity index (χ4n) is 5.45. The smallest absolute Gasteiger partial charge is 0.303 e. The van der Waals surface area contributed by atoms with Crippen molar-refractivity contribution >= 4 is 11.9 Å². The van der Waals surface area contributed by atoms with Crippen molar-refractivity contribution in [2.75, 3.05) is 0 Å². The molecule has 0 aromatic rings. The molecular formula is C37H68O5. The molecule has 0 unspecified atom stereocenters. The van der Waals surface area contributed by atoms with Gasteiger partial charge in [-0.1, -0.05) is 127 Å². The molecule has 0 rings (SSSR count). The average Bonchev–Trinajstić information content (AvgIpc) is 2.96. The van der Waals surface area contributed by atoms with E-state index in [1.54, 1.807) is 0 Å². The number of allylic oxidation sites excluding steroid dienone is 4. The minimum absolute atomic E-state index is 0.102. The first-order valence-corrected chi connectivity index (χ1v) is 17.9. The molecule has 0 heterocycles. The maximum Gasteiger partial charge on any atom is 0.303 e. The second-order valence-electron chi connectivity index (χ2n) is 12.4. The van der Waals surface area contributed by atoms with Crippen molar-refractivity contribution in [3.63, 3.8) is 0 Å². The van der Waals surface area contributed by atoms with Crippen molar-refractivity contribution in [2.24, 2.45) is 0 Å². The van der Waals surface area contributed by atoms with Crippen molar-refractivity contribution in [3.05, 3.63) is 24.3 Å². The van der Waals surface area contributed by atoms with Crippen molar-refractivity contribution < 1.29 is 24.9 Å². The third-order valence-electron chi connectivity index (χ3n) is 8.17. The van der Waals surface area contributed by atoms with E-state index in [-0.39, 0.29) is 6.10 Å². The molecule has 0 amide bonds. The van der Waals surface area contributed by atoms with Crippen LogP contribution in [-0.2, 0) is 9.59 Å². The zero-order valence-corrected chi connectivity index (χ0v) is 27.3. The molecule has 5 heteroatoms. The molecule has 0 bridgehead atoms. The van der Waals surface area contributed by atoms with Gasteiger partial charge in [0.15, 0.2) is 0 Å². The molecule has 0 fully saturated rings. The number of aliphatic carboxylic acids is 2. The zero-order valence-electron chi connectivity index (χ0n) is 27.3. The Morgan fingerprint density at radius 3 is 0.905 bits per heavy atom. The van der Waals surface area contributed by atoms with E-state index in [2.05, 4.69) is 24.3 Å². The van der Waals surface area contributed by atoms with Crippen LogP contribution in [0.1, 0.15) is 193 Å². The lowest BCUT2D eigenvalue weighted by Crippen LogP contribution is -2.05. The topological polar surface area (TPSA) is 94.8 Å². The SMILES string of the molecule is O=C(O)CCCCCCC/C=C\CCCCCCCCC(O)CCCCCCCC/C=C\CCCCCCCC(=O)O. The van der Waals surface area contributed by atoms with Crippen LogP contribution < -0.4 is 0 Å². The highest BCUT2D eigenvalue weighted by molar-refractivity contribution is 5.66. The van der Waals surface area contributed by atoms with E-state index in [1.165, 1.54) is 103 Å². The molecule has 0 aromatic heterocycles. The first-order valence-electron chi connectivity index (χ1n) is 17.9. The highest BCUT2D eigenvalue weighted by Gasteiger charge is 2.04.